The smallest absolute Gasteiger partial charge is 0.144 e. The summed E-state index contributed by atoms with van der Waals surface area (Å²) in [6, 6.07) is 0. The van der Waals surface area contributed by atoms with E-state index in [1.807, 2.05) is 6.92 Å². The van der Waals surface area contributed by atoms with E-state index >= 15 is 0 Å². The van der Waals surface area contributed by atoms with Crippen LogP contribution in [-0.4, -0.2) is 29.7 Å². The fourth-order valence-corrected chi connectivity index (χ4v) is 2.46. The first-order valence-corrected chi connectivity index (χ1v) is 7.61. The van der Waals surface area contributed by atoms with E-state index in [9.17, 15) is 0 Å². The molecule has 0 radical (unpaired) electrons. The second-order valence-electron chi connectivity index (χ2n) is 5.02. The van der Waals surface area contributed by atoms with Gasteiger partial charge in [0.15, 0.2) is 0 Å². The van der Waals surface area contributed by atoms with Crippen LogP contribution in [0, 0.1) is 0 Å². The molecule has 1 unspecified atom stereocenters. The van der Waals surface area contributed by atoms with E-state index < -0.39 is 0 Å². The predicted molar refractivity (Wildman–Crippen MR) is 82.8 cm³/mol. The van der Waals surface area contributed by atoms with Crippen LogP contribution < -0.4 is 5.32 Å². The minimum atomic E-state index is 0.125. The van der Waals surface area contributed by atoms with Gasteiger partial charge < -0.3 is 10.1 Å². The van der Waals surface area contributed by atoms with E-state index in [1.54, 1.807) is 7.11 Å². The lowest BCUT2D eigenvalue weighted by Crippen LogP contribution is -2.15. The molecule has 108 valence electrons. The predicted octanol–water partition coefficient (Wildman–Crippen LogP) is 3.76. The first-order chi connectivity index (χ1) is 8.99. The second kappa shape index (κ2) is 7.80. The van der Waals surface area contributed by atoms with Gasteiger partial charge in [0.2, 0.25) is 0 Å². The first-order valence-electron chi connectivity index (χ1n) is 6.82. The summed E-state index contributed by atoms with van der Waals surface area (Å²) in [5, 5.41) is 3.35. The standard InChI is InChI=1S/C14H24BrN3O/c1-6-7-16-14-12(15)13(9(2)3)17-11(18-14)8-10(4)19-5/h9-10H,6-8H2,1-5H3,(H,16,17,18). The third-order valence-electron chi connectivity index (χ3n) is 2.88. The number of nitrogens with zero attached hydrogens (tertiary/aromatic N) is 2. The van der Waals surface area contributed by atoms with Crippen LogP contribution in [0.2, 0.25) is 0 Å². The van der Waals surface area contributed by atoms with Crippen molar-refractivity contribution in [3.63, 3.8) is 0 Å². The summed E-state index contributed by atoms with van der Waals surface area (Å²) < 4.78 is 6.27. The zero-order chi connectivity index (χ0) is 14.4. The summed E-state index contributed by atoms with van der Waals surface area (Å²) in [6.07, 6.45) is 1.92. The second-order valence-corrected chi connectivity index (χ2v) is 5.81. The van der Waals surface area contributed by atoms with Crippen LogP contribution in [0.5, 0.6) is 0 Å². The maximum Gasteiger partial charge on any atom is 0.144 e. The fourth-order valence-electron chi connectivity index (χ4n) is 1.69. The van der Waals surface area contributed by atoms with Crippen molar-refractivity contribution in [1.82, 2.24) is 9.97 Å². The summed E-state index contributed by atoms with van der Waals surface area (Å²) in [4.78, 5) is 9.24. The number of rotatable bonds is 7. The molecule has 1 aromatic rings. The molecule has 1 atom stereocenters. The van der Waals surface area contributed by atoms with Gasteiger partial charge in [-0.2, -0.15) is 0 Å². The van der Waals surface area contributed by atoms with Crippen LogP contribution >= 0.6 is 15.9 Å². The van der Waals surface area contributed by atoms with Crippen molar-refractivity contribution in [3.05, 3.63) is 16.0 Å². The molecule has 5 heteroatoms. The molecule has 0 aromatic carbocycles. The summed E-state index contributed by atoms with van der Waals surface area (Å²) in [7, 11) is 1.71. The van der Waals surface area contributed by atoms with E-state index in [4.69, 9.17) is 4.74 Å². The van der Waals surface area contributed by atoms with E-state index in [1.165, 1.54) is 0 Å². The minimum Gasteiger partial charge on any atom is -0.381 e. The highest BCUT2D eigenvalue weighted by molar-refractivity contribution is 9.10. The van der Waals surface area contributed by atoms with Gasteiger partial charge in [-0.25, -0.2) is 9.97 Å². The van der Waals surface area contributed by atoms with Crippen LogP contribution in [0.4, 0.5) is 5.82 Å². The van der Waals surface area contributed by atoms with Gasteiger partial charge in [0.25, 0.3) is 0 Å². The molecule has 0 amide bonds. The number of aromatic nitrogens is 2. The Bertz CT molecular complexity index is 410. The Balaban J connectivity index is 3.07. The van der Waals surface area contributed by atoms with Crippen molar-refractivity contribution in [2.75, 3.05) is 19.0 Å². The van der Waals surface area contributed by atoms with Gasteiger partial charge in [0.1, 0.15) is 11.6 Å². The van der Waals surface area contributed by atoms with Gasteiger partial charge >= 0.3 is 0 Å². The molecule has 1 rings (SSSR count). The van der Waals surface area contributed by atoms with Crippen molar-refractivity contribution in [2.24, 2.45) is 0 Å². The highest BCUT2D eigenvalue weighted by atomic mass is 79.9. The normalized spacial score (nSPS) is 12.8. The number of ether oxygens (including phenoxy) is 1. The first kappa shape index (κ1) is 16.4. The molecular weight excluding hydrogens is 306 g/mol. The molecule has 1 N–H and O–H groups in total. The van der Waals surface area contributed by atoms with Crippen LogP contribution in [-0.2, 0) is 11.2 Å². The number of hydrogen-bond donors (Lipinski definition) is 1. The lowest BCUT2D eigenvalue weighted by Gasteiger charge is -2.16. The summed E-state index contributed by atoms with van der Waals surface area (Å²) in [5.74, 6) is 2.08. The highest BCUT2D eigenvalue weighted by Crippen LogP contribution is 2.29. The van der Waals surface area contributed by atoms with Gasteiger partial charge in [-0.15, -0.1) is 0 Å². The maximum absolute atomic E-state index is 5.29. The molecular formula is C14H24BrN3O. The molecule has 0 bridgehead atoms. The van der Waals surface area contributed by atoms with Gasteiger partial charge in [0.05, 0.1) is 16.3 Å². The van der Waals surface area contributed by atoms with Crippen LogP contribution in [0.15, 0.2) is 4.47 Å². The van der Waals surface area contributed by atoms with E-state index in [2.05, 4.69) is 52.0 Å². The van der Waals surface area contributed by atoms with Gasteiger partial charge in [-0.1, -0.05) is 20.8 Å². The number of halogens is 1. The molecule has 0 saturated carbocycles. The molecule has 19 heavy (non-hydrogen) atoms. The quantitative estimate of drug-likeness (QED) is 0.827. The van der Waals surface area contributed by atoms with Gasteiger partial charge in [-0.3, -0.25) is 0 Å². The van der Waals surface area contributed by atoms with Crippen molar-refractivity contribution in [1.29, 1.82) is 0 Å². The zero-order valence-electron chi connectivity index (χ0n) is 12.5. The highest BCUT2D eigenvalue weighted by Gasteiger charge is 2.16. The molecule has 0 spiro atoms. The van der Waals surface area contributed by atoms with Gasteiger partial charge in [0, 0.05) is 20.1 Å². The third kappa shape index (κ3) is 4.73. The Morgan fingerprint density at radius 2 is 1.95 bits per heavy atom. The average Bonchev–Trinajstić information content (AvgIpc) is 2.38. The monoisotopic (exact) mass is 329 g/mol. The molecule has 4 nitrogen and oxygen atoms in total. The fraction of sp³-hybridized carbons (Fsp3) is 0.714. The Morgan fingerprint density at radius 1 is 1.26 bits per heavy atom. The number of anilines is 1. The molecule has 0 aliphatic carbocycles. The van der Waals surface area contributed by atoms with Crippen molar-refractivity contribution < 1.29 is 4.74 Å². The minimum absolute atomic E-state index is 0.125. The number of nitrogens with one attached hydrogen (secondary N) is 1. The third-order valence-corrected chi connectivity index (χ3v) is 3.67. The Labute approximate surface area is 124 Å². The van der Waals surface area contributed by atoms with Crippen LogP contribution in [0.1, 0.15) is 51.6 Å². The lowest BCUT2D eigenvalue weighted by molar-refractivity contribution is 0.117. The molecule has 0 aliphatic heterocycles. The Kier molecular flexibility index (Phi) is 6.72. The topological polar surface area (TPSA) is 47.0 Å². The molecule has 1 heterocycles. The lowest BCUT2D eigenvalue weighted by atomic mass is 10.1. The SMILES string of the molecule is CCCNc1nc(CC(C)OC)nc(C(C)C)c1Br. The Hall–Kier alpha value is -0.680. The average molecular weight is 330 g/mol. The molecule has 0 fully saturated rings. The molecule has 0 saturated heterocycles. The Morgan fingerprint density at radius 3 is 2.47 bits per heavy atom. The van der Waals surface area contributed by atoms with Crippen molar-refractivity contribution in [2.45, 2.75) is 52.6 Å². The van der Waals surface area contributed by atoms with Crippen molar-refractivity contribution >= 4 is 21.7 Å². The largest absolute Gasteiger partial charge is 0.381 e. The zero-order valence-corrected chi connectivity index (χ0v) is 14.0. The van der Waals surface area contributed by atoms with E-state index in [-0.39, 0.29) is 6.10 Å². The summed E-state index contributed by atoms with van der Waals surface area (Å²) in [5.41, 5.74) is 1.05. The van der Waals surface area contributed by atoms with Gasteiger partial charge in [-0.05, 0) is 35.2 Å². The summed E-state index contributed by atoms with van der Waals surface area (Å²) in [6.45, 7) is 9.35. The molecule has 0 aliphatic rings. The van der Waals surface area contributed by atoms with E-state index in [0.29, 0.717) is 5.92 Å². The van der Waals surface area contributed by atoms with Crippen LogP contribution in [0.25, 0.3) is 0 Å². The van der Waals surface area contributed by atoms with Crippen LogP contribution in [0.3, 0.4) is 0 Å². The number of hydrogen-bond acceptors (Lipinski definition) is 4. The van der Waals surface area contributed by atoms with E-state index in [0.717, 1.165) is 41.2 Å². The van der Waals surface area contributed by atoms with Crippen molar-refractivity contribution in [3.8, 4) is 0 Å². The molecule has 1 aromatic heterocycles. The number of methoxy groups -OCH3 is 1. The maximum atomic E-state index is 5.29. The summed E-state index contributed by atoms with van der Waals surface area (Å²) >= 11 is 3.61.